The van der Waals surface area contributed by atoms with E-state index in [1.165, 1.54) is 37.6 Å². The predicted octanol–water partition coefficient (Wildman–Crippen LogP) is 5.08. The van der Waals surface area contributed by atoms with Crippen molar-refractivity contribution in [3.05, 3.63) is 65.2 Å². The minimum Gasteiger partial charge on any atom is -0.0905 e. The van der Waals surface area contributed by atoms with Gasteiger partial charge >= 0.3 is 0 Å². The van der Waals surface area contributed by atoms with Crippen molar-refractivity contribution < 1.29 is 0 Å². The minimum absolute atomic E-state index is 1.07. The molecule has 0 aromatic heterocycles. The monoisotopic (exact) mass is 252 g/mol. The maximum atomic E-state index is 4.32. The third-order valence-electron chi connectivity index (χ3n) is 3.55. The van der Waals surface area contributed by atoms with E-state index in [0.717, 1.165) is 6.42 Å². The Morgan fingerprint density at radius 2 is 1.89 bits per heavy atom. The molecule has 0 nitrogen and oxygen atoms in total. The zero-order chi connectivity index (χ0) is 12.7. The Morgan fingerprint density at radius 1 is 1.11 bits per heavy atom. The normalized spacial score (nSPS) is 13.1. The van der Waals surface area contributed by atoms with E-state index in [1.807, 2.05) is 11.8 Å². The third-order valence-corrected chi connectivity index (χ3v) is 4.80. The lowest BCUT2D eigenvalue weighted by Crippen LogP contribution is -2.03. The molecule has 1 heteroatoms. The summed E-state index contributed by atoms with van der Waals surface area (Å²) >= 11 is 1.89. The Morgan fingerprint density at radius 3 is 2.67 bits per heavy atom. The molecule has 1 heterocycles. The number of hydrogen-bond donors (Lipinski definition) is 0. The molecule has 0 saturated carbocycles. The molecule has 0 N–H and O–H groups in total. The molecule has 3 rings (SSSR count). The second kappa shape index (κ2) is 4.33. The summed E-state index contributed by atoms with van der Waals surface area (Å²) in [6.07, 6.45) is 1.07. The van der Waals surface area contributed by atoms with Gasteiger partial charge in [0.15, 0.2) is 0 Å². The first-order valence-corrected chi connectivity index (χ1v) is 7.13. The van der Waals surface area contributed by atoms with Crippen molar-refractivity contribution in [2.45, 2.75) is 30.1 Å². The first kappa shape index (κ1) is 11.6. The Labute approximate surface area is 113 Å². The number of fused-ring (bicyclic) bond motifs is 2. The molecule has 2 aromatic carbocycles. The quantitative estimate of drug-likeness (QED) is 0.581. The highest BCUT2D eigenvalue weighted by atomic mass is 32.2. The maximum Gasteiger partial charge on any atom is 0.0235 e. The molecule has 0 atom stereocenters. The number of rotatable bonds is 1. The van der Waals surface area contributed by atoms with Crippen molar-refractivity contribution in [1.82, 2.24) is 0 Å². The summed E-state index contributed by atoms with van der Waals surface area (Å²) in [5, 5.41) is 0. The lowest BCUT2D eigenvalue weighted by atomic mass is 9.93. The van der Waals surface area contributed by atoms with Crippen LogP contribution in [0.25, 0.3) is 5.57 Å². The van der Waals surface area contributed by atoms with E-state index in [4.69, 9.17) is 0 Å². The number of hydrogen-bond acceptors (Lipinski definition) is 1. The molecule has 1 aliphatic heterocycles. The lowest BCUT2D eigenvalue weighted by molar-refractivity contribution is 1.06. The Bertz CT molecular complexity index is 638. The second-order valence-corrected chi connectivity index (χ2v) is 5.73. The van der Waals surface area contributed by atoms with E-state index in [2.05, 4.69) is 56.8 Å². The molecular formula is C17H16S. The summed E-state index contributed by atoms with van der Waals surface area (Å²) in [6, 6.07) is 13.0. The zero-order valence-electron chi connectivity index (χ0n) is 10.8. The van der Waals surface area contributed by atoms with E-state index in [9.17, 15) is 0 Å². The van der Waals surface area contributed by atoms with Crippen LogP contribution >= 0.6 is 11.8 Å². The van der Waals surface area contributed by atoms with Crippen LogP contribution in [0.3, 0.4) is 0 Å². The van der Waals surface area contributed by atoms with Gasteiger partial charge in [0.2, 0.25) is 0 Å². The van der Waals surface area contributed by atoms with Gasteiger partial charge in [0.1, 0.15) is 0 Å². The summed E-state index contributed by atoms with van der Waals surface area (Å²) in [4.78, 5) is 2.73. The van der Waals surface area contributed by atoms with E-state index < -0.39 is 0 Å². The highest BCUT2D eigenvalue weighted by molar-refractivity contribution is 7.99. The molecule has 0 bridgehead atoms. The lowest BCUT2D eigenvalue weighted by Gasteiger charge is -2.25. The molecular weight excluding hydrogens is 236 g/mol. The maximum absolute atomic E-state index is 4.32. The van der Waals surface area contributed by atoms with E-state index in [0.29, 0.717) is 0 Å². The highest BCUT2D eigenvalue weighted by Gasteiger charge is 2.22. The van der Waals surface area contributed by atoms with E-state index >= 15 is 0 Å². The molecule has 0 amide bonds. The van der Waals surface area contributed by atoms with Crippen molar-refractivity contribution in [1.29, 1.82) is 0 Å². The van der Waals surface area contributed by atoms with Gasteiger partial charge in [-0.2, -0.15) is 0 Å². The molecule has 1 aliphatic rings. The first-order valence-electron chi connectivity index (χ1n) is 6.31. The van der Waals surface area contributed by atoms with Crippen LogP contribution in [0, 0.1) is 6.92 Å². The molecule has 18 heavy (non-hydrogen) atoms. The van der Waals surface area contributed by atoms with E-state index in [-0.39, 0.29) is 0 Å². The molecule has 0 radical (unpaired) electrons. The van der Waals surface area contributed by atoms with Crippen molar-refractivity contribution in [2.24, 2.45) is 0 Å². The Kier molecular flexibility index (Phi) is 2.79. The van der Waals surface area contributed by atoms with Crippen molar-refractivity contribution in [3.63, 3.8) is 0 Å². The Balaban J connectivity index is 2.28. The van der Waals surface area contributed by atoms with Crippen LogP contribution < -0.4 is 0 Å². The molecule has 90 valence electrons. The van der Waals surface area contributed by atoms with Crippen LogP contribution in [-0.4, -0.2) is 0 Å². The molecule has 0 saturated heterocycles. The van der Waals surface area contributed by atoms with Crippen LogP contribution in [0.4, 0.5) is 0 Å². The van der Waals surface area contributed by atoms with Gasteiger partial charge in [0.25, 0.3) is 0 Å². The summed E-state index contributed by atoms with van der Waals surface area (Å²) < 4.78 is 0. The number of benzene rings is 2. The summed E-state index contributed by atoms with van der Waals surface area (Å²) in [6.45, 7) is 8.72. The van der Waals surface area contributed by atoms with Crippen LogP contribution in [-0.2, 0) is 6.42 Å². The van der Waals surface area contributed by atoms with Crippen molar-refractivity contribution in [2.75, 3.05) is 0 Å². The molecule has 0 fully saturated rings. The van der Waals surface area contributed by atoms with Crippen LogP contribution in [0.5, 0.6) is 0 Å². The zero-order valence-corrected chi connectivity index (χ0v) is 11.6. The average Bonchev–Trinajstić information content (AvgIpc) is 2.39. The SMILES string of the molecule is C=C1c2ccccc2Sc2c(CC)ccc(C)c21. The smallest absolute Gasteiger partial charge is 0.0235 e. The second-order valence-electron chi connectivity index (χ2n) is 4.68. The molecule has 2 aromatic rings. The van der Waals surface area contributed by atoms with Crippen LogP contribution in [0.2, 0.25) is 0 Å². The van der Waals surface area contributed by atoms with E-state index in [1.54, 1.807) is 0 Å². The topological polar surface area (TPSA) is 0 Å². The summed E-state index contributed by atoms with van der Waals surface area (Å²) in [5.41, 5.74) is 6.56. The van der Waals surface area contributed by atoms with Gasteiger partial charge in [0.05, 0.1) is 0 Å². The van der Waals surface area contributed by atoms with Gasteiger partial charge in [-0.3, -0.25) is 0 Å². The van der Waals surface area contributed by atoms with Gasteiger partial charge < -0.3 is 0 Å². The predicted molar refractivity (Wildman–Crippen MR) is 79.3 cm³/mol. The average molecular weight is 252 g/mol. The van der Waals surface area contributed by atoms with Gasteiger partial charge in [-0.15, -0.1) is 0 Å². The molecule has 0 spiro atoms. The molecule has 0 aliphatic carbocycles. The van der Waals surface area contributed by atoms with Gasteiger partial charge in [-0.05, 0) is 47.2 Å². The summed E-state index contributed by atoms with van der Waals surface area (Å²) in [7, 11) is 0. The van der Waals surface area contributed by atoms with Gasteiger partial charge in [-0.1, -0.05) is 55.6 Å². The van der Waals surface area contributed by atoms with Crippen molar-refractivity contribution >= 4 is 17.3 Å². The van der Waals surface area contributed by atoms with Crippen molar-refractivity contribution in [3.8, 4) is 0 Å². The van der Waals surface area contributed by atoms with Crippen LogP contribution in [0.1, 0.15) is 29.2 Å². The van der Waals surface area contributed by atoms with Gasteiger partial charge in [0, 0.05) is 9.79 Å². The van der Waals surface area contributed by atoms with Gasteiger partial charge in [-0.25, -0.2) is 0 Å². The first-order chi connectivity index (χ1) is 8.72. The summed E-state index contributed by atoms with van der Waals surface area (Å²) in [5.74, 6) is 0. The highest BCUT2D eigenvalue weighted by Crippen LogP contribution is 2.47. The fourth-order valence-corrected chi connectivity index (χ4v) is 3.94. The fraction of sp³-hybridized carbons (Fsp3) is 0.176. The molecule has 0 unspecified atom stereocenters. The largest absolute Gasteiger partial charge is 0.0905 e. The van der Waals surface area contributed by atoms with Crippen LogP contribution in [0.15, 0.2) is 52.8 Å². The fourth-order valence-electron chi connectivity index (χ4n) is 2.54. The standard InChI is InChI=1S/C17H16S/c1-4-13-10-9-11(2)16-12(3)14-7-5-6-8-15(14)18-17(13)16/h5-10H,3-4H2,1-2H3. The third kappa shape index (κ3) is 1.62. The minimum atomic E-state index is 1.07. The number of aryl methyl sites for hydroxylation is 2. The Hall–Kier alpha value is -1.47.